The Morgan fingerprint density at radius 3 is 2.50 bits per heavy atom. The Labute approximate surface area is 117 Å². The third kappa shape index (κ3) is 2.82. The number of hydrogen-bond donors (Lipinski definition) is 2. The summed E-state index contributed by atoms with van der Waals surface area (Å²) in [5.74, 6) is -1.24. The zero-order valence-corrected chi connectivity index (χ0v) is 11.5. The number of likely N-dealkylation sites (tertiary alicyclic amines) is 1. The Morgan fingerprint density at radius 2 is 2.00 bits per heavy atom. The van der Waals surface area contributed by atoms with Crippen LogP contribution in [0.15, 0.2) is 30.3 Å². The summed E-state index contributed by atoms with van der Waals surface area (Å²) in [6.45, 7) is 2.35. The molecule has 1 aliphatic heterocycles. The highest BCUT2D eigenvalue weighted by Gasteiger charge is 2.39. The molecule has 0 saturated carbocycles. The molecule has 0 aliphatic carbocycles. The van der Waals surface area contributed by atoms with Gasteiger partial charge in [-0.15, -0.1) is 0 Å². The van der Waals surface area contributed by atoms with Crippen molar-refractivity contribution in [2.45, 2.75) is 31.3 Å². The van der Waals surface area contributed by atoms with E-state index in [2.05, 4.69) is 0 Å². The number of aliphatic hydroxyl groups is 1. The Balaban J connectivity index is 2.18. The lowest BCUT2D eigenvalue weighted by molar-refractivity contribution is -0.147. The third-order valence-electron chi connectivity index (χ3n) is 3.90. The minimum absolute atomic E-state index is 0.0981. The number of amides is 1. The van der Waals surface area contributed by atoms with Gasteiger partial charge in [-0.2, -0.15) is 0 Å². The highest BCUT2D eigenvalue weighted by atomic mass is 16.4. The number of aliphatic carboxylic acids is 1. The summed E-state index contributed by atoms with van der Waals surface area (Å²) in [6, 6.07) is 8.78. The van der Waals surface area contributed by atoms with Crippen molar-refractivity contribution in [3.63, 3.8) is 0 Å². The van der Waals surface area contributed by atoms with Crippen molar-refractivity contribution < 1.29 is 19.8 Å². The van der Waals surface area contributed by atoms with E-state index in [1.54, 1.807) is 31.2 Å². The fourth-order valence-corrected chi connectivity index (χ4v) is 2.49. The van der Waals surface area contributed by atoms with E-state index in [0.29, 0.717) is 25.1 Å². The lowest BCUT2D eigenvalue weighted by Crippen LogP contribution is -2.40. The van der Waals surface area contributed by atoms with Crippen LogP contribution in [0.4, 0.5) is 0 Å². The SMILES string of the molecule is CC(CC(=O)N1CCC(O)C1)(C(=O)O)c1ccccc1. The number of carboxylic acid groups (broad SMARTS) is 1. The lowest BCUT2D eigenvalue weighted by atomic mass is 9.79. The fraction of sp³-hybridized carbons (Fsp3) is 0.467. The van der Waals surface area contributed by atoms with E-state index in [-0.39, 0.29) is 12.3 Å². The van der Waals surface area contributed by atoms with Crippen LogP contribution >= 0.6 is 0 Å². The monoisotopic (exact) mass is 277 g/mol. The predicted molar refractivity (Wildman–Crippen MR) is 73.3 cm³/mol. The minimum Gasteiger partial charge on any atom is -0.481 e. The summed E-state index contributed by atoms with van der Waals surface area (Å²) in [5, 5.41) is 19.0. The van der Waals surface area contributed by atoms with Gasteiger partial charge < -0.3 is 15.1 Å². The van der Waals surface area contributed by atoms with E-state index in [0.717, 1.165) is 0 Å². The number of rotatable bonds is 4. The number of carbonyl (C=O) groups excluding carboxylic acids is 1. The molecule has 1 amide bonds. The van der Waals surface area contributed by atoms with Gasteiger partial charge in [0.2, 0.25) is 5.91 Å². The molecule has 2 atom stereocenters. The molecule has 1 fully saturated rings. The molecule has 0 aromatic heterocycles. The molecule has 20 heavy (non-hydrogen) atoms. The van der Waals surface area contributed by atoms with Crippen LogP contribution in [-0.2, 0) is 15.0 Å². The maximum Gasteiger partial charge on any atom is 0.314 e. The predicted octanol–water partition coefficient (Wildman–Crippen LogP) is 1.01. The molecular formula is C15H19NO4. The maximum absolute atomic E-state index is 12.2. The molecule has 1 heterocycles. The Kier molecular flexibility index (Phi) is 4.09. The second-order valence-corrected chi connectivity index (χ2v) is 5.46. The van der Waals surface area contributed by atoms with E-state index in [1.165, 1.54) is 4.90 Å². The molecule has 5 nitrogen and oxygen atoms in total. The van der Waals surface area contributed by atoms with E-state index < -0.39 is 17.5 Å². The van der Waals surface area contributed by atoms with Crippen molar-refractivity contribution in [2.75, 3.05) is 13.1 Å². The van der Waals surface area contributed by atoms with Crippen LogP contribution < -0.4 is 0 Å². The van der Waals surface area contributed by atoms with Gasteiger partial charge in [-0.25, -0.2) is 0 Å². The summed E-state index contributed by atoms with van der Waals surface area (Å²) in [5.41, 5.74) is -0.632. The molecule has 1 saturated heterocycles. The average Bonchev–Trinajstić information content (AvgIpc) is 2.86. The first kappa shape index (κ1) is 14.5. The molecule has 108 valence electrons. The molecule has 0 spiro atoms. The van der Waals surface area contributed by atoms with Crippen molar-refractivity contribution >= 4 is 11.9 Å². The van der Waals surface area contributed by atoms with Gasteiger partial charge in [-0.1, -0.05) is 30.3 Å². The van der Waals surface area contributed by atoms with E-state index >= 15 is 0 Å². The smallest absolute Gasteiger partial charge is 0.314 e. The summed E-state index contributed by atoms with van der Waals surface area (Å²) in [7, 11) is 0. The number of nitrogens with zero attached hydrogens (tertiary/aromatic N) is 1. The number of hydrogen-bond acceptors (Lipinski definition) is 3. The second kappa shape index (κ2) is 5.63. The van der Waals surface area contributed by atoms with Crippen LogP contribution in [0.5, 0.6) is 0 Å². The van der Waals surface area contributed by atoms with Crippen LogP contribution in [0.3, 0.4) is 0 Å². The number of benzene rings is 1. The van der Waals surface area contributed by atoms with Gasteiger partial charge in [0.25, 0.3) is 0 Å². The van der Waals surface area contributed by atoms with Crippen LogP contribution in [0.2, 0.25) is 0 Å². The van der Waals surface area contributed by atoms with Gasteiger partial charge in [-0.05, 0) is 18.9 Å². The van der Waals surface area contributed by atoms with Crippen molar-refractivity contribution in [1.29, 1.82) is 0 Å². The van der Waals surface area contributed by atoms with Crippen LogP contribution in [0.25, 0.3) is 0 Å². The average molecular weight is 277 g/mol. The number of aliphatic hydroxyl groups excluding tert-OH is 1. The molecule has 1 aliphatic rings. The molecule has 2 N–H and O–H groups in total. The Morgan fingerprint density at radius 1 is 1.35 bits per heavy atom. The van der Waals surface area contributed by atoms with Crippen molar-refractivity contribution in [3.8, 4) is 0 Å². The molecule has 5 heteroatoms. The summed E-state index contributed by atoms with van der Waals surface area (Å²) in [4.78, 5) is 25.4. The first-order valence-corrected chi connectivity index (χ1v) is 6.68. The summed E-state index contributed by atoms with van der Waals surface area (Å²) in [6.07, 6.45) is -0.0355. The van der Waals surface area contributed by atoms with Gasteiger partial charge >= 0.3 is 5.97 Å². The molecular weight excluding hydrogens is 258 g/mol. The quantitative estimate of drug-likeness (QED) is 0.861. The fourth-order valence-electron chi connectivity index (χ4n) is 2.49. The number of carboxylic acids is 1. The van der Waals surface area contributed by atoms with E-state index in [9.17, 15) is 19.8 Å². The Hall–Kier alpha value is -1.88. The van der Waals surface area contributed by atoms with Gasteiger partial charge in [0, 0.05) is 19.5 Å². The number of β-amino-alcohol motifs (C(OH)–C–C–N with tert-alkyl or cyclic N) is 1. The van der Waals surface area contributed by atoms with E-state index in [4.69, 9.17) is 0 Å². The molecule has 0 radical (unpaired) electrons. The van der Waals surface area contributed by atoms with Gasteiger partial charge in [-0.3, -0.25) is 9.59 Å². The van der Waals surface area contributed by atoms with Crippen molar-refractivity contribution in [1.82, 2.24) is 4.90 Å². The molecule has 0 bridgehead atoms. The lowest BCUT2D eigenvalue weighted by Gasteiger charge is -2.27. The van der Waals surface area contributed by atoms with Crippen molar-refractivity contribution in [2.24, 2.45) is 0 Å². The van der Waals surface area contributed by atoms with Gasteiger partial charge in [0.05, 0.1) is 11.5 Å². The van der Waals surface area contributed by atoms with Crippen molar-refractivity contribution in [3.05, 3.63) is 35.9 Å². The minimum atomic E-state index is -1.24. The Bertz CT molecular complexity index is 502. The van der Waals surface area contributed by atoms with Gasteiger partial charge in [0.15, 0.2) is 0 Å². The van der Waals surface area contributed by atoms with Crippen LogP contribution in [0.1, 0.15) is 25.3 Å². The molecule has 2 rings (SSSR count). The van der Waals surface area contributed by atoms with Crippen LogP contribution in [-0.4, -0.2) is 46.2 Å². The largest absolute Gasteiger partial charge is 0.481 e. The maximum atomic E-state index is 12.2. The molecule has 1 aromatic rings. The summed E-state index contributed by atoms with van der Waals surface area (Å²) < 4.78 is 0. The van der Waals surface area contributed by atoms with Crippen LogP contribution in [0, 0.1) is 0 Å². The highest BCUT2D eigenvalue weighted by molar-refractivity contribution is 5.89. The zero-order chi connectivity index (χ0) is 14.8. The molecule has 2 unspecified atom stereocenters. The van der Waals surface area contributed by atoms with Gasteiger partial charge in [0.1, 0.15) is 0 Å². The number of carbonyl (C=O) groups is 2. The van der Waals surface area contributed by atoms with E-state index in [1.807, 2.05) is 6.07 Å². The highest BCUT2D eigenvalue weighted by Crippen LogP contribution is 2.29. The third-order valence-corrected chi connectivity index (χ3v) is 3.90. The zero-order valence-electron chi connectivity index (χ0n) is 11.5. The summed E-state index contributed by atoms with van der Waals surface area (Å²) >= 11 is 0. The normalized spacial score (nSPS) is 21.5. The first-order valence-electron chi connectivity index (χ1n) is 6.68. The topological polar surface area (TPSA) is 77.8 Å². The molecule has 1 aromatic carbocycles. The standard InChI is InChI=1S/C15H19NO4/c1-15(14(19)20,11-5-3-2-4-6-11)9-13(18)16-8-7-12(17)10-16/h2-6,12,17H,7-10H2,1H3,(H,19,20). The second-order valence-electron chi connectivity index (χ2n) is 5.46. The first-order chi connectivity index (χ1) is 9.43.